The Balaban J connectivity index is 2.26. The highest BCUT2D eigenvalue weighted by atomic mass is 16.6. The largest absolute Gasteiger partial charge is 0.486 e. The molecule has 2 heteroatoms. The minimum Gasteiger partial charge on any atom is -0.486 e. The summed E-state index contributed by atoms with van der Waals surface area (Å²) in [6.45, 7) is 1.33. The van der Waals surface area contributed by atoms with Crippen molar-refractivity contribution in [3.05, 3.63) is 35.8 Å². The van der Waals surface area contributed by atoms with Crippen LogP contribution in [0.3, 0.4) is 0 Å². The molecule has 1 heterocycles. The third kappa shape index (κ3) is 1.29. The van der Waals surface area contributed by atoms with Crippen LogP contribution in [-0.4, -0.2) is 13.2 Å². The zero-order chi connectivity index (χ0) is 7.52. The highest BCUT2D eigenvalue weighted by Crippen LogP contribution is 2.20. The zero-order valence-electron chi connectivity index (χ0n) is 6.25. The van der Waals surface area contributed by atoms with Crippen molar-refractivity contribution < 1.29 is 9.47 Å². The van der Waals surface area contributed by atoms with E-state index < -0.39 is 0 Å². The van der Waals surface area contributed by atoms with Gasteiger partial charge in [0.25, 0.3) is 0 Å². The van der Waals surface area contributed by atoms with Crippen LogP contribution in [0, 0.1) is 0 Å². The molecule has 11 heavy (non-hydrogen) atoms. The van der Waals surface area contributed by atoms with E-state index >= 15 is 0 Å². The quantitative estimate of drug-likeness (QED) is 0.524. The minimum atomic E-state index is 0.664. The summed E-state index contributed by atoms with van der Waals surface area (Å²) in [7, 11) is 0. The fourth-order valence-corrected chi connectivity index (χ4v) is 1.14. The van der Waals surface area contributed by atoms with Crippen molar-refractivity contribution in [2.75, 3.05) is 13.2 Å². The molecule has 0 bridgehead atoms. The van der Waals surface area contributed by atoms with Gasteiger partial charge in [0.2, 0.25) is 0 Å². The van der Waals surface area contributed by atoms with Crippen molar-refractivity contribution in [2.24, 2.45) is 0 Å². The first-order chi connectivity index (χ1) is 5.47. The summed E-state index contributed by atoms with van der Waals surface area (Å²) in [5, 5.41) is 0. The maximum absolute atomic E-state index is 5.39. The highest BCUT2D eigenvalue weighted by molar-refractivity contribution is 5.28. The third-order valence-electron chi connectivity index (χ3n) is 1.66. The molecule has 0 aromatic rings. The first kappa shape index (κ1) is 6.53. The van der Waals surface area contributed by atoms with Gasteiger partial charge in [-0.1, -0.05) is 12.2 Å². The maximum Gasteiger partial charge on any atom is 0.161 e. The molecule has 1 fully saturated rings. The SMILES string of the molecule is C1=CCC=C2OCCOC2=C1. The van der Waals surface area contributed by atoms with Crippen LogP contribution < -0.4 is 0 Å². The predicted molar refractivity (Wildman–Crippen MR) is 41.8 cm³/mol. The van der Waals surface area contributed by atoms with E-state index in [4.69, 9.17) is 9.47 Å². The van der Waals surface area contributed by atoms with Gasteiger partial charge in [0.15, 0.2) is 11.5 Å². The Morgan fingerprint density at radius 2 is 1.91 bits per heavy atom. The first-order valence-electron chi connectivity index (χ1n) is 3.80. The number of ether oxygens (including phenoxy) is 2. The van der Waals surface area contributed by atoms with Gasteiger partial charge < -0.3 is 9.47 Å². The van der Waals surface area contributed by atoms with E-state index in [9.17, 15) is 0 Å². The second-order valence-electron chi connectivity index (χ2n) is 2.46. The average molecular weight is 150 g/mol. The second-order valence-corrected chi connectivity index (χ2v) is 2.46. The topological polar surface area (TPSA) is 18.5 Å². The number of allylic oxidation sites excluding steroid dienone is 4. The van der Waals surface area contributed by atoms with E-state index in [1.54, 1.807) is 0 Å². The summed E-state index contributed by atoms with van der Waals surface area (Å²) < 4.78 is 10.8. The van der Waals surface area contributed by atoms with Gasteiger partial charge in [0.05, 0.1) is 0 Å². The van der Waals surface area contributed by atoms with Crippen LogP contribution in [0.15, 0.2) is 35.8 Å². The first-order valence-corrected chi connectivity index (χ1v) is 3.80. The Bertz CT molecular complexity index is 236. The van der Waals surface area contributed by atoms with E-state index in [1.807, 2.05) is 18.2 Å². The monoisotopic (exact) mass is 150 g/mol. The molecule has 0 aromatic heterocycles. The minimum absolute atomic E-state index is 0.664. The molecular weight excluding hydrogens is 140 g/mol. The maximum atomic E-state index is 5.39. The van der Waals surface area contributed by atoms with Crippen molar-refractivity contribution >= 4 is 0 Å². The van der Waals surface area contributed by atoms with Crippen LogP contribution in [0.2, 0.25) is 0 Å². The average Bonchev–Trinajstić information content (AvgIpc) is 2.28. The standard InChI is InChI=1S/C9H10O2/c1-2-4-8-9(5-3-1)11-7-6-10-8/h1-2,4-5H,3,6-7H2. The van der Waals surface area contributed by atoms with E-state index in [2.05, 4.69) is 6.08 Å². The fourth-order valence-electron chi connectivity index (χ4n) is 1.14. The van der Waals surface area contributed by atoms with Gasteiger partial charge >= 0.3 is 0 Å². The Labute approximate surface area is 65.8 Å². The fraction of sp³-hybridized carbons (Fsp3) is 0.333. The lowest BCUT2D eigenvalue weighted by Gasteiger charge is -2.19. The summed E-state index contributed by atoms with van der Waals surface area (Å²) in [4.78, 5) is 0. The molecular formula is C9H10O2. The van der Waals surface area contributed by atoms with Crippen LogP contribution in [0.1, 0.15) is 6.42 Å². The number of fused-ring (bicyclic) bond motifs is 1. The molecule has 0 radical (unpaired) electrons. The Morgan fingerprint density at radius 1 is 1.09 bits per heavy atom. The number of rotatable bonds is 0. The molecule has 0 aromatic carbocycles. The summed E-state index contributed by atoms with van der Waals surface area (Å²) in [6, 6.07) is 0. The molecule has 0 spiro atoms. The Kier molecular flexibility index (Phi) is 1.68. The molecule has 0 amide bonds. The van der Waals surface area contributed by atoms with Crippen LogP contribution in [0.5, 0.6) is 0 Å². The molecule has 0 saturated carbocycles. The van der Waals surface area contributed by atoms with Gasteiger partial charge in [-0.15, -0.1) is 0 Å². The number of hydrogen-bond donors (Lipinski definition) is 0. The van der Waals surface area contributed by atoms with Gasteiger partial charge in [-0.05, 0) is 18.6 Å². The lowest BCUT2D eigenvalue weighted by Crippen LogP contribution is -2.13. The lowest BCUT2D eigenvalue weighted by molar-refractivity contribution is 0.0594. The molecule has 0 unspecified atom stereocenters. The van der Waals surface area contributed by atoms with Crippen LogP contribution in [0.25, 0.3) is 0 Å². The second kappa shape index (κ2) is 2.82. The molecule has 2 aliphatic rings. The zero-order valence-corrected chi connectivity index (χ0v) is 6.25. The van der Waals surface area contributed by atoms with E-state index in [0.29, 0.717) is 13.2 Å². The van der Waals surface area contributed by atoms with E-state index in [-0.39, 0.29) is 0 Å². The van der Waals surface area contributed by atoms with Crippen LogP contribution >= 0.6 is 0 Å². The van der Waals surface area contributed by atoms with Crippen molar-refractivity contribution in [1.29, 1.82) is 0 Å². The van der Waals surface area contributed by atoms with E-state index in [1.165, 1.54) is 0 Å². The normalized spacial score (nSPS) is 21.8. The van der Waals surface area contributed by atoms with Crippen molar-refractivity contribution in [3.63, 3.8) is 0 Å². The molecule has 1 aliphatic carbocycles. The predicted octanol–water partition coefficient (Wildman–Crippen LogP) is 1.76. The highest BCUT2D eigenvalue weighted by Gasteiger charge is 2.13. The summed E-state index contributed by atoms with van der Waals surface area (Å²) in [5.74, 6) is 1.76. The number of hydrogen-bond acceptors (Lipinski definition) is 2. The molecule has 1 aliphatic heterocycles. The smallest absolute Gasteiger partial charge is 0.161 e. The molecule has 0 N–H and O–H groups in total. The van der Waals surface area contributed by atoms with Gasteiger partial charge in [-0.25, -0.2) is 0 Å². The van der Waals surface area contributed by atoms with Gasteiger partial charge in [-0.2, -0.15) is 0 Å². The van der Waals surface area contributed by atoms with Crippen LogP contribution in [-0.2, 0) is 9.47 Å². The van der Waals surface area contributed by atoms with Crippen LogP contribution in [0.4, 0.5) is 0 Å². The van der Waals surface area contributed by atoms with Crippen molar-refractivity contribution in [3.8, 4) is 0 Å². The van der Waals surface area contributed by atoms with Gasteiger partial charge in [0.1, 0.15) is 13.2 Å². The van der Waals surface area contributed by atoms with E-state index in [0.717, 1.165) is 17.9 Å². The molecule has 1 saturated heterocycles. The summed E-state index contributed by atoms with van der Waals surface area (Å²) >= 11 is 0. The molecule has 58 valence electrons. The van der Waals surface area contributed by atoms with Gasteiger partial charge in [-0.3, -0.25) is 0 Å². The summed E-state index contributed by atoms with van der Waals surface area (Å²) in [5.41, 5.74) is 0. The van der Waals surface area contributed by atoms with Crippen molar-refractivity contribution in [1.82, 2.24) is 0 Å². The molecule has 0 atom stereocenters. The molecule has 2 rings (SSSR count). The van der Waals surface area contributed by atoms with Crippen molar-refractivity contribution in [2.45, 2.75) is 6.42 Å². The lowest BCUT2D eigenvalue weighted by atomic mass is 10.3. The Hall–Kier alpha value is -1.18. The Morgan fingerprint density at radius 3 is 2.82 bits per heavy atom. The third-order valence-corrected chi connectivity index (χ3v) is 1.66. The summed E-state index contributed by atoms with van der Waals surface area (Å²) in [6.07, 6.45) is 8.98. The van der Waals surface area contributed by atoms with Gasteiger partial charge in [0, 0.05) is 0 Å². The molecule has 2 nitrogen and oxygen atoms in total.